The van der Waals surface area contributed by atoms with Crippen molar-refractivity contribution in [2.24, 2.45) is 0 Å². The molecule has 4 heteroatoms. The zero-order valence-electron chi connectivity index (χ0n) is 20.8. The highest BCUT2D eigenvalue weighted by Crippen LogP contribution is 2.20. The van der Waals surface area contributed by atoms with Crippen LogP contribution in [0.3, 0.4) is 0 Å². The molecular weight excluding hydrogens is 384 g/mol. The molecule has 0 bridgehead atoms. The average Bonchev–Trinajstić information content (AvgIpc) is 3.18. The Kier molecular flexibility index (Phi) is 17.7. The van der Waals surface area contributed by atoms with Gasteiger partial charge in [0.1, 0.15) is 0 Å². The lowest BCUT2D eigenvalue weighted by atomic mass is 10.1. The van der Waals surface area contributed by atoms with Crippen molar-refractivity contribution in [2.45, 2.75) is 161 Å². The first-order valence-electron chi connectivity index (χ1n) is 13.7. The summed E-state index contributed by atoms with van der Waals surface area (Å²) in [7, 11) is 0. The monoisotopic (exact) mass is 436 g/mol. The molecule has 0 radical (unpaired) electrons. The maximum absolute atomic E-state index is 12.2. The molecule has 0 aliphatic heterocycles. The fourth-order valence-corrected chi connectivity index (χ4v) is 4.68. The molecule has 31 heavy (non-hydrogen) atoms. The van der Waals surface area contributed by atoms with Crippen LogP contribution < -0.4 is 10.6 Å². The van der Waals surface area contributed by atoms with Crippen LogP contribution >= 0.6 is 0 Å². The van der Waals surface area contributed by atoms with Crippen molar-refractivity contribution in [1.82, 2.24) is 10.6 Å². The molecule has 1 saturated carbocycles. The maximum atomic E-state index is 12.2. The third kappa shape index (κ3) is 16.3. The molecule has 2 unspecified atom stereocenters. The van der Waals surface area contributed by atoms with Gasteiger partial charge in [0.05, 0.1) is 0 Å². The summed E-state index contributed by atoms with van der Waals surface area (Å²) in [5, 5.41) is 6.38. The van der Waals surface area contributed by atoms with Crippen LogP contribution in [0.4, 0.5) is 0 Å². The van der Waals surface area contributed by atoms with E-state index < -0.39 is 0 Å². The maximum Gasteiger partial charge on any atom is 0.220 e. The van der Waals surface area contributed by atoms with Crippen LogP contribution in [0.2, 0.25) is 0 Å². The van der Waals surface area contributed by atoms with Crippen LogP contribution in [-0.2, 0) is 9.59 Å². The van der Waals surface area contributed by atoms with Crippen LogP contribution in [0, 0.1) is 0 Å². The molecule has 2 amide bonds. The summed E-state index contributed by atoms with van der Waals surface area (Å²) in [6, 6.07) is 0.491. The summed E-state index contributed by atoms with van der Waals surface area (Å²) in [6.45, 7) is 4.49. The fraction of sp³-hybridized carbons (Fsp3) is 0.926. The molecule has 0 saturated heterocycles. The lowest BCUT2D eigenvalue weighted by molar-refractivity contribution is -0.122. The van der Waals surface area contributed by atoms with Gasteiger partial charge < -0.3 is 10.6 Å². The van der Waals surface area contributed by atoms with Gasteiger partial charge in [-0.05, 0) is 32.1 Å². The lowest BCUT2D eigenvalue weighted by Gasteiger charge is -2.15. The summed E-state index contributed by atoms with van der Waals surface area (Å²) < 4.78 is 0. The van der Waals surface area contributed by atoms with Crippen molar-refractivity contribution in [3.63, 3.8) is 0 Å². The Labute approximate surface area is 193 Å². The number of hydrogen-bond acceptors (Lipinski definition) is 2. The lowest BCUT2D eigenvalue weighted by Crippen LogP contribution is -2.37. The molecule has 1 fully saturated rings. The number of carbonyl (C=O) groups is 2. The molecule has 0 aromatic carbocycles. The van der Waals surface area contributed by atoms with E-state index in [9.17, 15) is 9.59 Å². The summed E-state index contributed by atoms with van der Waals surface area (Å²) in [6.07, 6.45) is 24.4. The van der Waals surface area contributed by atoms with Crippen molar-refractivity contribution in [3.05, 3.63) is 0 Å². The summed E-state index contributed by atoms with van der Waals surface area (Å²) >= 11 is 0. The first kappa shape index (κ1) is 28.0. The first-order valence-corrected chi connectivity index (χ1v) is 13.7. The van der Waals surface area contributed by atoms with Gasteiger partial charge in [0.2, 0.25) is 11.8 Å². The minimum absolute atomic E-state index is 0.196. The zero-order chi connectivity index (χ0) is 22.6. The van der Waals surface area contributed by atoms with Gasteiger partial charge in [-0.25, -0.2) is 0 Å². The van der Waals surface area contributed by atoms with E-state index in [0.717, 1.165) is 32.1 Å². The van der Waals surface area contributed by atoms with Crippen molar-refractivity contribution >= 4 is 11.8 Å². The van der Waals surface area contributed by atoms with Crippen molar-refractivity contribution in [1.29, 1.82) is 0 Å². The predicted molar refractivity (Wildman–Crippen MR) is 132 cm³/mol. The molecule has 0 heterocycles. The zero-order valence-corrected chi connectivity index (χ0v) is 20.8. The van der Waals surface area contributed by atoms with Gasteiger partial charge in [-0.1, -0.05) is 104 Å². The largest absolute Gasteiger partial charge is 0.353 e. The van der Waals surface area contributed by atoms with Gasteiger partial charge in [0.25, 0.3) is 0 Å². The smallest absolute Gasteiger partial charge is 0.220 e. The van der Waals surface area contributed by atoms with E-state index in [1.165, 1.54) is 89.9 Å². The van der Waals surface area contributed by atoms with E-state index in [1.54, 1.807) is 0 Å². The number of hydrogen-bond donors (Lipinski definition) is 2. The molecule has 2 atom stereocenters. The summed E-state index contributed by atoms with van der Waals surface area (Å²) in [5.41, 5.74) is 0. The summed E-state index contributed by atoms with van der Waals surface area (Å²) in [4.78, 5) is 24.4. The quantitative estimate of drug-likeness (QED) is 0.198. The van der Waals surface area contributed by atoms with Crippen molar-refractivity contribution in [3.8, 4) is 0 Å². The average molecular weight is 437 g/mol. The van der Waals surface area contributed by atoms with Gasteiger partial charge in [-0.15, -0.1) is 0 Å². The van der Waals surface area contributed by atoms with Crippen LogP contribution in [0.25, 0.3) is 0 Å². The van der Waals surface area contributed by atoms with Gasteiger partial charge >= 0.3 is 0 Å². The molecule has 1 rings (SSSR count). The Morgan fingerprint density at radius 1 is 0.548 bits per heavy atom. The highest BCUT2D eigenvalue weighted by atomic mass is 16.2. The number of amides is 2. The van der Waals surface area contributed by atoms with Gasteiger partial charge in [0.15, 0.2) is 0 Å². The second-order valence-corrected chi connectivity index (χ2v) is 9.79. The second-order valence-electron chi connectivity index (χ2n) is 9.79. The minimum Gasteiger partial charge on any atom is -0.353 e. The van der Waals surface area contributed by atoms with Gasteiger partial charge in [-0.3, -0.25) is 9.59 Å². The third-order valence-corrected chi connectivity index (χ3v) is 6.68. The highest BCUT2D eigenvalue weighted by molar-refractivity contribution is 5.77. The van der Waals surface area contributed by atoms with E-state index in [1.807, 2.05) is 0 Å². The van der Waals surface area contributed by atoms with Gasteiger partial charge in [-0.2, -0.15) is 0 Å². The second kappa shape index (κ2) is 19.6. The Bertz CT molecular complexity index is 413. The molecule has 0 aromatic rings. The van der Waals surface area contributed by atoms with Gasteiger partial charge in [0, 0.05) is 24.9 Å². The van der Waals surface area contributed by atoms with Crippen LogP contribution in [0.15, 0.2) is 0 Å². The molecule has 1 aliphatic rings. The topological polar surface area (TPSA) is 58.2 Å². The van der Waals surface area contributed by atoms with E-state index >= 15 is 0 Å². The Morgan fingerprint density at radius 2 is 0.871 bits per heavy atom. The van der Waals surface area contributed by atoms with Crippen LogP contribution in [-0.4, -0.2) is 23.9 Å². The van der Waals surface area contributed by atoms with E-state index in [-0.39, 0.29) is 23.9 Å². The summed E-state index contributed by atoms with van der Waals surface area (Å²) in [5.74, 6) is 0.392. The first-order chi connectivity index (χ1) is 15.2. The standard InChI is InChI=1S/C27H52N2O2/c1-3-5-7-9-11-13-15-17-19-26(30)28-24-21-22-25(23-24)29-27(31)20-18-16-14-12-10-8-6-4-2/h24-25H,3-23H2,1-2H3,(H,28,30)(H,29,31). The van der Waals surface area contributed by atoms with Crippen LogP contribution in [0.5, 0.6) is 0 Å². The van der Waals surface area contributed by atoms with E-state index in [4.69, 9.17) is 0 Å². The number of unbranched alkanes of at least 4 members (excludes halogenated alkanes) is 14. The molecule has 0 spiro atoms. The number of nitrogens with one attached hydrogen (secondary N) is 2. The number of carbonyl (C=O) groups excluding carboxylic acids is 2. The molecule has 0 aromatic heterocycles. The van der Waals surface area contributed by atoms with Crippen molar-refractivity contribution in [2.75, 3.05) is 0 Å². The molecular formula is C27H52N2O2. The normalized spacial score (nSPS) is 18.3. The Hall–Kier alpha value is -1.06. The van der Waals surface area contributed by atoms with E-state index in [0.29, 0.717) is 12.8 Å². The third-order valence-electron chi connectivity index (χ3n) is 6.68. The molecule has 1 aliphatic carbocycles. The highest BCUT2D eigenvalue weighted by Gasteiger charge is 2.26. The minimum atomic E-state index is 0.196. The molecule has 2 N–H and O–H groups in total. The predicted octanol–water partition coefficient (Wildman–Crippen LogP) is 7.20. The molecule has 4 nitrogen and oxygen atoms in total. The number of rotatable bonds is 20. The van der Waals surface area contributed by atoms with Crippen LogP contribution in [0.1, 0.15) is 149 Å². The SMILES string of the molecule is CCCCCCCCCCC(=O)NC1CCC(NC(=O)CCCCCCCCCC)C1. The van der Waals surface area contributed by atoms with Crippen molar-refractivity contribution < 1.29 is 9.59 Å². The molecule has 182 valence electrons. The van der Waals surface area contributed by atoms with E-state index in [2.05, 4.69) is 24.5 Å². The Morgan fingerprint density at radius 3 is 1.23 bits per heavy atom. The Balaban J connectivity index is 1.97. The fourth-order valence-electron chi connectivity index (χ4n) is 4.68.